The van der Waals surface area contributed by atoms with Crippen LogP contribution in [0.25, 0.3) is 0 Å². The van der Waals surface area contributed by atoms with E-state index in [1.54, 1.807) is 0 Å². The highest BCUT2D eigenvalue weighted by atomic mass is 32.2. The van der Waals surface area contributed by atoms with Crippen molar-refractivity contribution in [1.29, 1.82) is 0 Å². The molecule has 0 saturated carbocycles. The molecule has 1 amide bonds. The van der Waals surface area contributed by atoms with Gasteiger partial charge >= 0.3 is 5.97 Å². The number of aliphatic carboxylic acids is 1. The third-order valence-electron chi connectivity index (χ3n) is 2.23. The van der Waals surface area contributed by atoms with Gasteiger partial charge in [-0.1, -0.05) is 6.92 Å². The second-order valence-corrected chi connectivity index (χ2v) is 4.61. The number of thioether (sulfide) groups is 1. The number of hydrogen-bond donors (Lipinski definition) is 2. The predicted molar refractivity (Wildman–Crippen MR) is 55.3 cm³/mol. The van der Waals surface area contributed by atoms with Gasteiger partial charge in [-0.3, -0.25) is 9.59 Å². The summed E-state index contributed by atoms with van der Waals surface area (Å²) in [7, 11) is 0. The van der Waals surface area contributed by atoms with Crippen LogP contribution in [0.15, 0.2) is 0 Å². The fourth-order valence-electron chi connectivity index (χ4n) is 1.40. The summed E-state index contributed by atoms with van der Waals surface area (Å²) in [5.74, 6) is 0.0251. The number of carboxylic acids is 1. The van der Waals surface area contributed by atoms with E-state index >= 15 is 0 Å². The van der Waals surface area contributed by atoms with Gasteiger partial charge in [-0.15, -0.1) is 11.8 Å². The van der Waals surface area contributed by atoms with Gasteiger partial charge in [0.15, 0.2) is 0 Å². The fraction of sp³-hybridized carbons (Fsp3) is 0.778. The third kappa shape index (κ3) is 3.21. The molecule has 0 spiro atoms. The summed E-state index contributed by atoms with van der Waals surface area (Å²) in [6.45, 7) is 1.86. The van der Waals surface area contributed by atoms with Gasteiger partial charge in [0, 0.05) is 18.2 Å². The average Bonchev–Trinajstić information content (AvgIpc) is 2.52. The summed E-state index contributed by atoms with van der Waals surface area (Å²) in [4.78, 5) is 21.6. The summed E-state index contributed by atoms with van der Waals surface area (Å²) >= 11 is 1.41. The van der Waals surface area contributed by atoms with E-state index in [1.807, 2.05) is 6.92 Å². The summed E-state index contributed by atoms with van der Waals surface area (Å²) in [6, 6.07) is 0.167. The topological polar surface area (TPSA) is 66.4 Å². The van der Waals surface area contributed by atoms with Crippen LogP contribution in [-0.4, -0.2) is 34.0 Å². The van der Waals surface area contributed by atoms with Crippen molar-refractivity contribution in [2.75, 3.05) is 5.75 Å². The van der Waals surface area contributed by atoms with Gasteiger partial charge in [-0.05, 0) is 12.8 Å². The number of carboxylic acid groups (broad SMARTS) is 1. The quantitative estimate of drug-likeness (QED) is 0.717. The van der Waals surface area contributed by atoms with Gasteiger partial charge in [0.05, 0.1) is 0 Å². The predicted octanol–water partition coefficient (Wildman–Crippen LogP) is 0.861. The van der Waals surface area contributed by atoms with Crippen molar-refractivity contribution in [3.63, 3.8) is 0 Å². The minimum Gasteiger partial charge on any atom is -0.480 e. The van der Waals surface area contributed by atoms with Crippen LogP contribution < -0.4 is 5.32 Å². The highest BCUT2D eigenvalue weighted by Crippen LogP contribution is 2.19. The van der Waals surface area contributed by atoms with Crippen LogP contribution in [0.4, 0.5) is 0 Å². The van der Waals surface area contributed by atoms with Crippen LogP contribution in [0, 0.1) is 0 Å². The monoisotopic (exact) mass is 217 g/mol. The van der Waals surface area contributed by atoms with E-state index in [9.17, 15) is 9.59 Å². The van der Waals surface area contributed by atoms with E-state index in [0.29, 0.717) is 18.6 Å². The number of carbonyl (C=O) groups excluding carboxylic acids is 1. The Morgan fingerprint density at radius 1 is 1.79 bits per heavy atom. The van der Waals surface area contributed by atoms with Crippen molar-refractivity contribution in [3.05, 3.63) is 0 Å². The van der Waals surface area contributed by atoms with Crippen LogP contribution in [0.3, 0.4) is 0 Å². The first-order chi connectivity index (χ1) is 6.63. The van der Waals surface area contributed by atoms with Gasteiger partial charge in [-0.2, -0.15) is 0 Å². The number of rotatable bonds is 5. The molecule has 4 nitrogen and oxygen atoms in total. The number of amides is 1. The first-order valence-corrected chi connectivity index (χ1v) is 5.82. The molecule has 0 aromatic rings. The molecule has 0 bridgehead atoms. The third-order valence-corrected chi connectivity index (χ3v) is 3.76. The molecular formula is C9H15NO3S. The lowest BCUT2D eigenvalue weighted by Gasteiger charge is -2.13. The molecular weight excluding hydrogens is 202 g/mol. The lowest BCUT2D eigenvalue weighted by molar-refractivity contribution is -0.136. The van der Waals surface area contributed by atoms with Crippen LogP contribution in [0.5, 0.6) is 0 Å². The molecule has 0 aliphatic carbocycles. The number of carbonyl (C=O) groups is 2. The Morgan fingerprint density at radius 2 is 2.50 bits per heavy atom. The molecule has 2 N–H and O–H groups in total. The minimum atomic E-state index is -0.762. The highest BCUT2D eigenvalue weighted by Gasteiger charge is 2.23. The summed E-state index contributed by atoms with van der Waals surface area (Å²) in [6.07, 6.45) is 2.04. The number of hydrogen-bond acceptors (Lipinski definition) is 3. The van der Waals surface area contributed by atoms with Gasteiger partial charge in [0.25, 0.3) is 0 Å². The van der Waals surface area contributed by atoms with Gasteiger partial charge < -0.3 is 10.4 Å². The second kappa shape index (κ2) is 5.24. The van der Waals surface area contributed by atoms with Crippen molar-refractivity contribution in [3.8, 4) is 0 Å². The Hall–Kier alpha value is -0.710. The van der Waals surface area contributed by atoms with E-state index in [-0.39, 0.29) is 17.2 Å². The van der Waals surface area contributed by atoms with Crippen molar-refractivity contribution in [2.24, 2.45) is 0 Å². The Kier molecular flexibility index (Phi) is 4.25. The van der Waals surface area contributed by atoms with Gasteiger partial charge in [-0.25, -0.2) is 0 Å². The van der Waals surface area contributed by atoms with E-state index in [4.69, 9.17) is 5.11 Å². The Morgan fingerprint density at radius 3 is 2.93 bits per heavy atom. The molecule has 2 atom stereocenters. The lowest BCUT2D eigenvalue weighted by atomic mass is 10.2. The SMILES string of the molecule is CCC(SCC1CCC(=O)N1)C(=O)O. The maximum atomic E-state index is 10.9. The standard InChI is InChI=1S/C9H15NO3S/c1-2-7(9(12)13)14-5-6-3-4-8(11)10-6/h6-7H,2-5H2,1H3,(H,10,11)(H,12,13). The molecule has 1 rings (SSSR count). The minimum absolute atomic E-state index is 0.0824. The molecule has 1 aliphatic rings. The average molecular weight is 217 g/mol. The van der Waals surface area contributed by atoms with Crippen LogP contribution in [-0.2, 0) is 9.59 Å². The molecule has 0 radical (unpaired) electrons. The lowest BCUT2D eigenvalue weighted by Crippen LogP contribution is -2.29. The molecule has 1 heterocycles. The molecule has 0 aromatic carbocycles. The van der Waals surface area contributed by atoms with E-state index in [1.165, 1.54) is 11.8 Å². The zero-order chi connectivity index (χ0) is 10.6. The summed E-state index contributed by atoms with van der Waals surface area (Å²) in [5, 5.41) is 11.3. The van der Waals surface area contributed by atoms with Crippen molar-refractivity contribution in [2.45, 2.75) is 37.5 Å². The zero-order valence-corrected chi connectivity index (χ0v) is 8.97. The highest BCUT2D eigenvalue weighted by molar-refractivity contribution is 8.00. The summed E-state index contributed by atoms with van der Waals surface area (Å²) in [5.41, 5.74) is 0. The van der Waals surface area contributed by atoms with E-state index < -0.39 is 5.97 Å². The number of nitrogens with one attached hydrogen (secondary N) is 1. The van der Waals surface area contributed by atoms with Crippen LogP contribution in [0.1, 0.15) is 26.2 Å². The molecule has 1 saturated heterocycles. The first kappa shape index (κ1) is 11.4. The molecule has 1 fully saturated rings. The smallest absolute Gasteiger partial charge is 0.316 e. The molecule has 0 aromatic heterocycles. The first-order valence-electron chi connectivity index (χ1n) is 4.77. The summed E-state index contributed by atoms with van der Waals surface area (Å²) < 4.78 is 0. The van der Waals surface area contributed by atoms with Gasteiger partial charge in [0.1, 0.15) is 5.25 Å². The van der Waals surface area contributed by atoms with E-state index in [2.05, 4.69) is 5.32 Å². The normalized spacial score (nSPS) is 23.2. The molecule has 1 aliphatic heterocycles. The van der Waals surface area contributed by atoms with Crippen LogP contribution >= 0.6 is 11.8 Å². The van der Waals surface area contributed by atoms with Crippen molar-refractivity contribution in [1.82, 2.24) is 5.32 Å². The van der Waals surface area contributed by atoms with Crippen LogP contribution in [0.2, 0.25) is 0 Å². The Bertz CT molecular complexity index is 232. The molecule has 5 heteroatoms. The fourth-order valence-corrected chi connectivity index (χ4v) is 2.49. The van der Waals surface area contributed by atoms with Gasteiger partial charge in [0.2, 0.25) is 5.91 Å². The Balaban J connectivity index is 2.25. The van der Waals surface area contributed by atoms with Crippen molar-refractivity contribution < 1.29 is 14.7 Å². The Labute approximate surface area is 87.4 Å². The van der Waals surface area contributed by atoms with Crippen molar-refractivity contribution >= 4 is 23.6 Å². The molecule has 14 heavy (non-hydrogen) atoms. The molecule has 80 valence electrons. The van der Waals surface area contributed by atoms with E-state index in [0.717, 1.165) is 6.42 Å². The maximum Gasteiger partial charge on any atom is 0.316 e. The molecule has 2 unspecified atom stereocenters. The largest absolute Gasteiger partial charge is 0.480 e. The second-order valence-electron chi connectivity index (χ2n) is 3.37. The zero-order valence-electron chi connectivity index (χ0n) is 8.16. The maximum absolute atomic E-state index is 10.9.